The zero-order valence-electron chi connectivity index (χ0n) is 4.92. The summed E-state index contributed by atoms with van der Waals surface area (Å²) in [5.41, 5.74) is -0.783. The van der Waals surface area contributed by atoms with Crippen LogP contribution in [0.5, 0.6) is 0 Å². The molecule has 1 N–H and O–H groups in total. The standard InChI is InChI=1S/C4H4N2O2.Na/c7-3-1-2-4(8)6-5-3;/h1-2H,(H2,5,6,7,8);/q;+1/p-1. The Bertz CT molecular complexity index is 224. The monoisotopic (exact) mass is 134 g/mol. The van der Waals surface area contributed by atoms with Crippen molar-refractivity contribution >= 4 is 0 Å². The molecular weight excluding hydrogens is 131 g/mol. The van der Waals surface area contributed by atoms with Crippen LogP contribution >= 0.6 is 0 Å². The minimum absolute atomic E-state index is 0. The van der Waals surface area contributed by atoms with Gasteiger partial charge < -0.3 is 15.0 Å². The van der Waals surface area contributed by atoms with Gasteiger partial charge in [-0.1, -0.05) is 0 Å². The molecule has 5 heteroatoms. The first-order valence-electron chi connectivity index (χ1n) is 2.02. The van der Waals surface area contributed by atoms with Crippen LogP contribution in [0.4, 0.5) is 0 Å². The molecule has 0 bridgehead atoms. The summed E-state index contributed by atoms with van der Waals surface area (Å²) in [6, 6.07) is 2.24. The van der Waals surface area contributed by atoms with Crippen LogP contribution in [0.15, 0.2) is 21.7 Å². The third-order valence-electron chi connectivity index (χ3n) is 0.654. The molecule has 0 amide bonds. The van der Waals surface area contributed by atoms with Gasteiger partial charge in [0, 0.05) is 6.07 Å². The van der Waals surface area contributed by atoms with E-state index in [-0.39, 0.29) is 35.1 Å². The molecule has 0 aliphatic heterocycles. The van der Waals surface area contributed by atoms with E-state index in [1.807, 2.05) is 5.10 Å². The summed E-state index contributed by atoms with van der Waals surface area (Å²) in [6.45, 7) is 0. The summed E-state index contributed by atoms with van der Waals surface area (Å²) in [7, 11) is 0. The molecule has 0 aromatic carbocycles. The molecule has 0 aliphatic rings. The van der Waals surface area contributed by atoms with Gasteiger partial charge in [0.05, 0.1) is 5.56 Å². The van der Waals surface area contributed by atoms with Crippen LogP contribution in [0.2, 0.25) is 0 Å². The van der Waals surface area contributed by atoms with E-state index in [0.29, 0.717) is 0 Å². The van der Waals surface area contributed by atoms with Crippen LogP contribution in [0.1, 0.15) is 0 Å². The Labute approximate surface area is 72.6 Å². The quantitative estimate of drug-likeness (QED) is 0.365. The van der Waals surface area contributed by atoms with Gasteiger partial charge in [-0.05, 0) is 6.07 Å². The number of nitrogens with one attached hydrogen (secondary N) is 1. The van der Waals surface area contributed by atoms with E-state index in [1.54, 1.807) is 0 Å². The SMILES string of the molecule is O=c1ccc(=O)[nH][n-]1.[Na+]. The van der Waals surface area contributed by atoms with E-state index in [2.05, 4.69) is 5.10 Å². The second kappa shape index (κ2) is 3.66. The van der Waals surface area contributed by atoms with Crippen molar-refractivity contribution in [3.8, 4) is 0 Å². The third-order valence-corrected chi connectivity index (χ3v) is 0.654. The Hall–Kier alpha value is -0.320. The van der Waals surface area contributed by atoms with E-state index in [1.165, 1.54) is 0 Å². The summed E-state index contributed by atoms with van der Waals surface area (Å²) >= 11 is 0. The van der Waals surface area contributed by atoms with Crippen molar-refractivity contribution < 1.29 is 29.6 Å². The van der Waals surface area contributed by atoms with Crippen LogP contribution in [0.25, 0.3) is 0 Å². The number of rotatable bonds is 0. The predicted octanol–water partition coefficient (Wildman–Crippen LogP) is -4.30. The van der Waals surface area contributed by atoms with Crippen molar-refractivity contribution in [2.45, 2.75) is 0 Å². The van der Waals surface area contributed by atoms with Gasteiger partial charge in [-0.25, -0.2) is 0 Å². The molecule has 1 aromatic rings. The topological polar surface area (TPSA) is 64.0 Å². The summed E-state index contributed by atoms with van der Waals surface area (Å²) in [6.07, 6.45) is 0. The minimum Gasteiger partial charge on any atom is -0.560 e. The molecule has 0 saturated heterocycles. The average Bonchev–Trinajstić information content (AvgIpc) is 1.77. The van der Waals surface area contributed by atoms with Crippen molar-refractivity contribution in [2.24, 2.45) is 0 Å². The van der Waals surface area contributed by atoms with Gasteiger partial charge in [0.15, 0.2) is 0 Å². The summed E-state index contributed by atoms with van der Waals surface area (Å²) in [5.74, 6) is 0. The normalized spacial score (nSPS) is 8.00. The Kier molecular flexibility index (Phi) is 3.53. The minimum atomic E-state index is -0.426. The first kappa shape index (κ1) is 8.68. The first-order chi connectivity index (χ1) is 3.79. The maximum absolute atomic E-state index is 10.2. The van der Waals surface area contributed by atoms with Crippen molar-refractivity contribution in [3.05, 3.63) is 32.8 Å². The van der Waals surface area contributed by atoms with Crippen LogP contribution in [0.3, 0.4) is 0 Å². The molecule has 1 heterocycles. The third kappa shape index (κ3) is 2.64. The summed E-state index contributed by atoms with van der Waals surface area (Å²) in [4.78, 5) is 20.3. The Morgan fingerprint density at radius 2 is 2.00 bits per heavy atom. The molecule has 0 saturated carbocycles. The van der Waals surface area contributed by atoms with Crippen molar-refractivity contribution in [1.82, 2.24) is 10.2 Å². The van der Waals surface area contributed by atoms with E-state index >= 15 is 0 Å². The Morgan fingerprint density at radius 1 is 1.33 bits per heavy atom. The molecular formula is C4H3N2NaO2. The molecule has 0 aliphatic carbocycles. The number of aromatic amines is 1. The van der Waals surface area contributed by atoms with E-state index < -0.39 is 5.56 Å². The number of hydrogen-bond acceptors (Lipinski definition) is 2. The van der Waals surface area contributed by atoms with Gasteiger partial charge in [0.1, 0.15) is 0 Å². The van der Waals surface area contributed by atoms with Gasteiger partial charge in [-0.15, -0.1) is 0 Å². The van der Waals surface area contributed by atoms with Gasteiger partial charge >= 0.3 is 29.6 Å². The molecule has 0 radical (unpaired) electrons. The van der Waals surface area contributed by atoms with Crippen molar-refractivity contribution in [2.75, 3.05) is 0 Å². The number of nitrogens with zero attached hydrogens (tertiary/aromatic N) is 1. The average molecular weight is 134 g/mol. The second-order valence-electron chi connectivity index (χ2n) is 1.26. The fourth-order valence-corrected chi connectivity index (χ4v) is 0.332. The van der Waals surface area contributed by atoms with Gasteiger partial charge in [-0.3, -0.25) is 4.79 Å². The zero-order chi connectivity index (χ0) is 5.98. The maximum Gasteiger partial charge on any atom is 1.00 e. The summed E-state index contributed by atoms with van der Waals surface area (Å²) in [5, 5.41) is 5.07. The fraction of sp³-hybridized carbons (Fsp3) is 0. The molecule has 0 fully saturated rings. The second-order valence-corrected chi connectivity index (χ2v) is 1.26. The smallest absolute Gasteiger partial charge is 0.560 e. The zero-order valence-corrected chi connectivity index (χ0v) is 6.92. The van der Waals surface area contributed by atoms with E-state index in [0.717, 1.165) is 12.1 Å². The van der Waals surface area contributed by atoms with E-state index in [9.17, 15) is 9.59 Å². The molecule has 0 atom stereocenters. The first-order valence-corrected chi connectivity index (χ1v) is 2.02. The fourth-order valence-electron chi connectivity index (χ4n) is 0.332. The molecule has 0 spiro atoms. The van der Waals surface area contributed by atoms with Crippen LogP contribution in [0, 0.1) is 0 Å². The van der Waals surface area contributed by atoms with Crippen molar-refractivity contribution in [3.63, 3.8) is 0 Å². The molecule has 9 heavy (non-hydrogen) atoms. The van der Waals surface area contributed by atoms with Gasteiger partial charge in [0.2, 0.25) is 5.56 Å². The van der Waals surface area contributed by atoms with Crippen LogP contribution in [-0.4, -0.2) is 5.10 Å². The summed E-state index contributed by atoms with van der Waals surface area (Å²) < 4.78 is 0. The molecule has 42 valence electrons. The van der Waals surface area contributed by atoms with Crippen LogP contribution in [-0.2, 0) is 0 Å². The maximum atomic E-state index is 10.2. The Morgan fingerprint density at radius 3 is 2.33 bits per heavy atom. The predicted molar refractivity (Wildman–Crippen MR) is 26.7 cm³/mol. The largest absolute Gasteiger partial charge is 1.00 e. The van der Waals surface area contributed by atoms with E-state index in [4.69, 9.17) is 0 Å². The van der Waals surface area contributed by atoms with Gasteiger partial charge in [-0.2, -0.15) is 0 Å². The van der Waals surface area contributed by atoms with Crippen LogP contribution < -0.4 is 45.8 Å². The Balaban J connectivity index is 0.000000640. The molecule has 1 rings (SSSR count). The number of hydrogen-bond donors (Lipinski definition) is 1. The number of aromatic nitrogens is 2. The molecule has 0 unspecified atom stereocenters. The van der Waals surface area contributed by atoms with Crippen molar-refractivity contribution in [1.29, 1.82) is 0 Å². The van der Waals surface area contributed by atoms with Gasteiger partial charge in [0.25, 0.3) is 0 Å². The number of H-pyrrole nitrogens is 1. The molecule has 1 aromatic heterocycles. The molecule has 4 nitrogen and oxygen atoms in total.